The van der Waals surface area contributed by atoms with E-state index in [2.05, 4.69) is 9.99 Å². The second kappa shape index (κ2) is 5.48. The van der Waals surface area contributed by atoms with Gasteiger partial charge in [-0.3, -0.25) is 30.3 Å². The summed E-state index contributed by atoms with van der Waals surface area (Å²) in [4.78, 5) is 33.6. The van der Waals surface area contributed by atoms with E-state index in [1.54, 1.807) is 0 Å². The first kappa shape index (κ1) is 14.0. The summed E-state index contributed by atoms with van der Waals surface area (Å²) in [6.45, 7) is 1.42. The largest absolute Gasteiger partial charge is 0.342 e. The third kappa shape index (κ3) is 2.96. The molecule has 0 heterocycles. The van der Waals surface area contributed by atoms with Gasteiger partial charge in [-0.05, 0) is 6.92 Å². The molecule has 19 heavy (non-hydrogen) atoms. The molecule has 1 aromatic carbocycles. The predicted octanol–water partition coefficient (Wildman–Crippen LogP) is 1.80. The Morgan fingerprint density at radius 2 is 1.53 bits per heavy atom. The van der Waals surface area contributed by atoms with E-state index in [0.29, 0.717) is 12.1 Å². The second-order valence-corrected chi connectivity index (χ2v) is 3.04. The summed E-state index contributed by atoms with van der Waals surface area (Å²) in [6.07, 6.45) is 1.11. The maximum atomic E-state index is 10.8. The third-order valence-corrected chi connectivity index (χ3v) is 1.89. The lowest BCUT2D eigenvalue weighted by Gasteiger charge is -2.01. The van der Waals surface area contributed by atoms with Crippen LogP contribution in [0.15, 0.2) is 17.3 Å². The van der Waals surface area contributed by atoms with E-state index >= 15 is 0 Å². The Labute approximate surface area is 104 Å². The molecule has 0 saturated carbocycles. The lowest BCUT2D eigenvalue weighted by atomic mass is 10.2. The van der Waals surface area contributed by atoms with Gasteiger partial charge in [-0.2, -0.15) is 0 Å². The number of hydrogen-bond acceptors (Lipinski definition) is 8. The highest BCUT2D eigenvalue weighted by molar-refractivity contribution is 5.66. The molecule has 0 aliphatic carbocycles. The van der Waals surface area contributed by atoms with Crippen molar-refractivity contribution in [1.82, 2.24) is 0 Å². The van der Waals surface area contributed by atoms with Crippen molar-refractivity contribution in [2.75, 3.05) is 0 Å². The second-order valence-electron chi connectivity index (χ2n) is 3.04. The molecule has 0 unspecified atom stereocenters. The van der Waals surface area contributed by atoms with Crippen LogP contribution in [0.4, 0.5) is 17.1 Å². The van der Waals surface area contributed by atoms with Gasteiger partial charge in [0.25, 0.3) is 5.69 Å². The van der Waals surface area contributed by atoms with E-state index in [-0.39, 0.29) is 0 Å². The Bertz CT molecular complexity index is 547. The summed E-state index contributed by atoms with van der Waals surface area (Å²) in [5, 5.41) is 35.3. The standard InChI is InChI=1S/C8H6N4O7/c1-2-9-19-8-6(11(15)16)3-5(10(13)14)4-7(8)12(17)18/h2-4H,1H3. The monoisotopic (exact) mass is 270 g/mol. The molecular weight excluding hydrogens is 264 g/mol. The van der Waals surface area contributed by atoms with Crippen molar-refractivity contribution in [3.8, 4) is 5.75 Å². The molecule has 0 fully saturated rings. The van der Waals surface area contributed by atoms with Gasteiger partial charge in [0.2, 0.25) is 0 Å². The molecule has 0 radical (unpaired) electrons. The summed E-state index contributed by atoms with van der Waals surface area (Å²) < 4.78 is 0. The summed E-state index contributed by atoms with van der Waals surface area (Å²) >= 11 is 0. The van der Waals surface area contributed by atoms with Crippen LogP contribution in [-0.2, 0) is 0 Å². The minimum Gasteiger partial charge on any atom is -0.342 e. The molecule has 0 aliphatic rings. The normalized spacial score (nSPS) is 10.4. The Balaban J connectivity index is 3.59. The maximum Gasteiger partial charge on any atom is 0.328 e. The third-order valence-electron chi connectivity index (χ3n) is 1.89. The number of benzene rings is 1. The van der Waals surface area contributed by atoms with Crippen LogP contribution in [-0.4, -0.2) is 21.0 Å². The number of nitro groups is 3. The van der Waals surface area contributed by atoms with Crippen LogP contribution in [0.3, 0.4) is 0 Å². The van der Waals surface area contributed by atoms with E-state index < -0.39 is 37.6 Å². The van der Waals surface area contributed by atoms with Crippen molar-refractivity contribution in [3.05, 3.63) is 42.5 Å². The number of nitrogens with zero attached hydrogens (tertiary/aromatic N) is 4. The lowest BCUT2D eigenvalue weighted by molar-refractivity contribution is -0.404. The maximum absolute atomic E-state index is 10.8. The minimum absolute atomic E-state index is 0.563. The molecule has 0 aromatic heterocycles. The first-order valence-corrected chi connectivity index (χ1v) is 4.64. The number of rotatable bonds is 5. The van der Waals surface area contributed by atoms with Gasteiger partial charge < -0.3 is 4.84 Å². The van der Waals surface area contributed by atoms with Gasteiger partial charge >= 0.3 is 17.1 Å². The number of hydrogen-bond donors (Lipinski definition) is 0. The van der Waals surface area contributed by atoms with Crippen LogP contribution in [0.25, 0.3) is 0 Å². The van der Waals surface area contributed by atoms with Gasteiger partial charge in [-0.1, -0.05) is 5.16 Å². The van der Waals surface area contributed by atoms with E-state index in [4.69, 9.17) is 0 Å². The Kier molecular flexibility index (Phi) is 4.03. The molecule has 1 rings (SSSR count). The van der Waals surface area contributed by atoms with Gasteiger partial charge in [-0.15, -0.1) is 0 Å². The fraction of sp³-hybridized carbons (Fsp3) is 0.125. The van der Waals surface area contributed by atoms with E-state index in [0.717, 1.165) is 6.21 Å². The van der Waals surface area contributed by atoms with Gasteiger partial charge in [0.05, 0.1) is 26.9 Å². The quantitative estimate of drug-likeness (QED) is 0.449. The first-order chi connectivity index (χ1) is 8.88. The molecule has 0 N–H and O–H groups in total. The van der Waals surface area contributed by atoms with Gasteiger partial charge in [0, 0.05) is 6.21 Å². The van der Waals surface area contributed by atoms with Crippen LogP contribution in [0.2, 0.25) is 0 Å². The number of oxime groups is 1. The van der Waals surface area contributed by atoms with Gasteiger partial charge in [-0.25, -0.2) is 0 Å². The zero-order chi connectivity index (χ0) is 14.6. The fourth-order valence-electron chi connectivity index (χ4n) is 1.16. The van der Waals surface area contributed by atoms with Crippen molar-refractivity contribution in [1.29, 1.82) is 0 Å². The summed E-state index contributed by atoms with van der Waals surface area (Å²) in [6, 6.07) is 1.13. The van der Waals surface area contributed by atoms with Crippen molar-refractivity contribution in [2.24, 2.45) is 5.16 Å². The summed E-state index contributed by atoms with van der Waals surface area (Å²) in [5.74, 6) is -0.765. The molecule has 0 bridgehead atoms. The van der Waals surface area contributed by atoms with E-state index in [1.165, 1.54) is 6.92 Å². The van der Waals surface area contributed by atoms with E-state index in [1.807, 2.05) is 0 Å². The average Bonchev–Trinajstić information content (AvgIpc) is 2.34. The highest BCUT2D eigenvalue weighted by Gasteiger charge is 2.32. The Morgan fingerprint density at radius 1 is 1.05 bits per heavy atom. The highest BCUT2D eigenvalue weighted by atomic mass is 16.7. The first-order valence-electron chi connectivity index (χ1n) is 4.64. The molecule has 11 nitrogen and oxygen atoms in total. The minimum atomic E-state index is -1.03. The molecule has 0 saturated heterocycles. The highest BCUT2D eigenvalue weighted by Crippen LogP contribution is 2.40. The molecule has 100 valence electrons. The molecule has 0 atom stereocenters. The Morgan fingerprint density at radius 3 is 1.84 bits per heavy atom. The Hall–Kier alpha value is -3.11. The van der Waals surface area contributed by atoms with Crippen LogP contribution in [0.5, 0.6) is 5.75 Å². The topological polar surface area (TPSA) is 151 Å². The van der Waals surface area contributed by atoms with Crippen molar-refractivity contribution >= 4 is 23.3 Å². The smallest absolute Gasteiger partial charge is 0.328 e. The van der Waals surface area contributed by atoms with Crippen LogP contribution in [0, 0.1) is 30.3 Å². The molecule has 11 heteroatoms. The molecule has 0 spiro atoms. The van der Waals surface area contributed by atoms with Crippen LogP contribution >= 0.6 is 0 Å². The summed E-state index contributed by atoms with van der Waals surface area (Å²) in [5.41, 5.74) is -2.61. The molecule has 1 aromatic rings. The zero-order valence-corrected chi connectivity index (χ0v) is 9.38. The molecule has 0 amide bonds. The van der Waals surface area contributed by atoms with Gasteiger partial charge in [0.1, 0.15) is 0 Å². The van der Waals surface area contributed by atoms with Crippen molar-refractivity contribution in [3.63, 3.8) is 0 Å². The fourth-order valence-corrected chi connectivity index (χ4v) is 1.16. The molecular formula is C8H6N4O7. The number of non-ortho nitro benzene ring substituents is 1. The lowest BCUT2D eigenvalue weighted by Crippen LogP contribution is -2.01. The zero-order valence-electron chi connectivity index (χ0n) is 9.38. The average molecular weight is 270 g/mol. The van der Waals surface area contributed by atoms with Crippen LogP contribution < -0.4 is 4.84 Å². The van der Waals surface area contributed by atoms with E-state index in [9.17, 15) is 30.3 Å². The van der Waals surface area contributed by atoms with Crippen molar-refractivity contribution in [2.45, 2.75) is 6.92 Å². The van der Waals surface area contributed by atoms with Crippen molar-refractivity contribution < 1.29 is 19.6 Å². The molecule has 0 aliphatic heterocycles. The number of nitro benzene ring substituents is 3. The SMILES string of the molecule is CC=NOc1c([N+](=O)[O-])cc([N+](=O)[O-])cc1[N+](=O)[O-]. The van der Waals surface area contributed by atoms with Crippen LogP contribution in [0.1, 0.15) is 6.92 Å². The predicted molar refractivity (Wildman–Crippen MR) is 61.2 cm³/mol. The van der Waals surface area contributed by atoms with Gasteiger partial charge in [0.15, 0.2) is 0 Å². The summed E-state index contributed by atoms with van der Waals surface area (Å²) in [7, 11) is 0.